The molecule has 1 atom stereocenters. The molecular formula is C19H23N3O6. The van der Waals surface area contributed by atoms with E-state index in [0.717, 1.165) is 4.90 Å². The maximum Gasteiger partial charge on any atom is 0.325 e. The second-order valence-corrected chi connectivity index (χ2v) is 7.02. The minimum absolute atomic E-state index is 0.137. The van der Waals surface area contributed by atoms with Crippen LogP contribution < -0.4 is 10.6 Å². The van der Waals surface area contributed by atoms with Crippen LogP contribution in [0, 0.1) is 0 Å². The Morgan fingerprint density at radius 3 is 2.50 bits per heavy atom. The highest BCUT2D eigenvalue weighted by Crippen LogP contribution is 2.17. The predicted molar refractivity (Wildman–Crippen MR) is 99.6 cm³/mol. The van der Waals surface area contributed by atoms with E-state index in [1.807, 2.05) is 0 Å². The Balaban J connectivity index is 1.86. The molecule has 0 spiro atoms. The van der Waals surface area contributed by atoms with Crippen molar-refractivity contribution in [2.45, 2.75) is 45.8 Å². The number of carbonyl (C=O) groups is 5. The van der Waals surface area contributed by atoms with Crippen LogP contribution in [-0.2, 0) is 19.1 Å². The van der Waals surface area contributed by atoms with Crippen LogP contribution in [0.25, 0.3) is 0 Å². The van der Waals surface area contributed by atoms with Crippen LogP contribution >= 0.6 is 0 Å². The van der Waals surface area contributed by atoms with Gasteiger partial charge in [0.25, 0.3) is 11.8 Å². The maximum absolute atomic E-state index is 12.2. The molecule has 1 heterocycles. The Labute approximate surface area is 162 Å². The van der Waals surface area contributed by atoms with Crippen molar-refractivity contribution in [3.05, 3.63) is 29.8 Å². The van der Waals surface area contributed by atoms with Crippen LogP contribution in [0.4, 0.5) is 10.5 Å². The van der Waals surface area contributed by atoms with Crippen LogP contribution in [-0.4, -0.2) is 52.7 Å². The van der Waals surface area contributed by atoms with Gasteiger partial charge in [-0.2, -0.15) is 0 Å². The Bertz CT molecular complexity index is 833. The third kappa shape index (κ3) is 4.93. The number of Topliss-reactive ketones (excluding diaryl/α,β-unsaturated/α-hetero) is 1. The van der Waals surface area contributed by atoms with Crippen LogP contribution in [0.1, 0.15) is 44.5 Å². The minimum atomic E-state index is -1.09. The second-order valence-electron chi connectivity index (χ2n) is 7.02. The van der Waals surface area contributed by atoms with E-state index in [1.165, 1.54) is 19.9 Å². The first-order chi connectivity index (χ1) is 13.0. The van der Waals surface area contributed by atoms with E-state index < -0.39 is 35.5 Å². The van der Waals surface area contributed by atoms with Crippen molar-refractivity contribution >= 4 is 35.3 Å². The van der Waals surface area contributed by atoms with Gasteiger partial charge >= 0.3 is 12.0 Å². The van der Waals surface area contributed by atoms with E-state index in [-0.39, 0.29) is 18.7 Å². The summed E-state index contributed by atoms with van der Waals surface area (Å²) in [5, 5.41) is 5.08. The highest BCUT2D eigenvalue weighted by molar-refractivity contribution is 6.06. The van der Waals surface area contributed by atoms with Crippen molar-refractivity contribution in [1.82, 2.24) is 10.2 Å². The molecule has 2 N–H and O–H groups in total. The average Bonchev–Trinajstić information content (AvgIpc) is 2.80. The number of urea groups is 1. The van der Waals surface area contributed by atoms with Gasteiger partial charge in [0.05, 0.1) is 6.42 Å². The van der Waals surface area contributed by atoms with Gasteiger partial charge in [-0.15, -0.1) is 0 Å². The number of anilines is 1. The van der Waals surface area contributed by atoms with E-state index >= 15 is 0 Å². The van der Waals surface area contributed by atoms with Gasteiger partial charge in [0.15, 0.2) is 11.9 Å². The molecule has 1 aromatic rings. The number of ether oxygens (including phenoxy) is 1. The molecule has 1 aliphatic rings. The summed E-state index contributed by atoms with van der Waals surface area (Å²) in [7, 11) is 0. The molecule has 28 heavy (non-hydrogen) atoms. The molecule has 4 amide bonds. The standard InChI is InChI=1S/C19H23N3O6/c1-11(23)13-6-5-7-14(10-13)20-16(25)12(2)28-15(24)8-9-22-17(26)19(3,4)21-18(22)27/h5-7,10,12H,8-9H2,1-4H3,(H,20,25)(H,21,27)/t12-/m0/s1. The first kappa shape index (κ1) is 21.1. The first-order valence-corrected chi connectivity index (χ1v) is 8.76. The fourth-order valence-electron chi connectivity index (χ4n) is 2.59. The summed E-state index contributed by atoms with van der Waals surface area (Å²) in [5.41, 5.74) is -0.163. The highest BCUT2D eigenvalue weighted by Gasteiger charge is 2.44. The van der Waals surface area contributed by atoms with Gasteiger partial charge in [-0.3, -0.25) is 24.1 Å². The Kier molecular flexibility index (Phi) is 6.17. The molecule has 1 fully saturated rings. The second kappa shape index (κ2) is 8.20. The normalized spacial score (nSPS) is 16.4. The Hall–Kier alpha value is -3.23. The largest absolute Gasteiger partial charge is 0.452 e. The maximum atomic E-state index is 12.2. The molecular weight excluding hydrogens is 366 g/mol. The molecule has 1 saturated heterocycles. The minimum Gasteiger partial charge on any atom is -0.452 e. The lowest BCUT2D eigenvalue weighted by molar-refractivity contribution is -0.153. The van der Waals surface area contributed by atoms with E-state index in [0.29, 0.717) is 11.3 Å². The molecule has 9 nitrogen and oxygen atoms in total. The number of amides is 4. The quantitative estimate of drug-likeness (QED) is 0.414. The molecule has 0 radical (unpaired) electrons. The Morgan fingerprint density at radius 2 is 1.93 bits per heavy atom. The molecule has 1 aromatic carbocycles. The third-order valence-corrected chi connectivity index (χ3v) is 4.20. The molecule has 0 unspecified atom stereocenters. The molecule has 150 valence electrons. The van der Waals surface area contributed by atoms with E-state index in [4.69, 9.17) is 4.74 Å². The van der Waals surface area contributed by atoms with Crippen molar-refractivity contribution in [3.8, 4) is 0 Å². The number of esters is 1. The molecule has 0 bridgehead atoms. The van der Waals surface area contributed by atoms with Gasteiger partial charge in [0, 0.05) is 17.8 Å². The van der Waals surface area contributed by atoms with Crippen LogP contribution in [0.15, 0.2) is 24.3 Å². The fourth-order valence-corrected chi connectivity index (χ4v) is 2.59. The summed E-state index contributed by atoms with van der Waals surface area (Å²) in [6.45, 7) is 5.82. The van der Waals surface area contributed by atoms with Crippen molar-refractivity contribution in [3.63, 3.8) is 0 Å². The van der Waals surface area contributed by atoms with Gasteiger partial charge in [0.1, 0.15) is 5.54 Å². The molecule has 1 aliphatic heterocycles. The number of hydrogen-bond donors (Lipinski definition) is 2. The lowest BCUT2D eigenvalue weighted by atomic mass is 10.1. The number of benzene rings is 1. The van der Waals surface area contributed by atoms with Gasteiger partial charge < -0.3 is 15.4 Å². The highest BCUT2D eigenvalue weighted by atomic mass is 16.5. The van der Waals surface area contributed by atoms with E-state index in [2.05, 4.69) is 10.6 Å². The number of ketones is 1. The monoisotopic (exact) mass is 389 g/mol. The molecule has 0 aliphatic carbocycles. The van der Waals surface area contributed by atoms with Crippen molar-refractivity contribution < 1.29 is 28.7 Å². The van der Waals surface area contributed by atoms with Gasteiger partial charge in [-0.05, 0) is 39.8 Å². The SMILES string of the molecule is CC(=O)c1cccc(NC(=O)[C@H](C)OC(=O)CCN2C(=O)NC(C)(C)C2=O)c1. The smallest absolute Gasteiger partial charge is 0.325 e. The number of carbonyl (C=O) groups excluding carboxylic acids is 5. The van der Waals surface area contributed by atoms with Gasteiger partial charge in [-0.25, -0.2) is 4.79 Å². The van der Waals surface area contributed by atoms with E-state index in [1.54, 1.807) is 32.0 Å². The number of nitrogens with zero attached hydrogens (tertiary/aromatic N) is 1. The molecule has 2 rings (SSSR count). The Morgan fingerprint density at radius 1 is 1.25 bits per heavy atom. The lowest BCUT2D eigenvalue weighted by Crippen LogP contribution is -2.40. The number of imide groups is 1. The fraction of sp³-hybridized carbons (Fsp3) is 0.421. The zero-order valence-electron chi connectivity index (χ0n) is 16.2. The predicted octanol–water partition coefficient (Wildman–Crippen LogP) is 1.48. The van der Waals surface area contributed by atoms with E-state index in [9.17, 15) is 24.0 Å². The summed E-state index contributed by atoms with van der Waals surface area (Å²) in [6, 6.07) is 5.81. The zero-order valence-corrected chi connectivity index (χ0v) is 16.2. The molecule has 9 heteroatoms. The summed E-state index contributed by atoms with van der Waals surface area (Å²) >= 11 is 0. The van der Waals surface area contributed by atoms with Crippen molar-refractivity contribution in [1.29, 1.82) is 0 Å². The van der Waals surface area contributed by atoms with Gasteiger partial charge in [-0.1, -0.05) is 12.1 Å². The number of hydrogen-bond acceptors (Lipinski definition) is 6. The third-order valence-electron chi connectivity index (χ3n) is 4.20. The first-order valence-electron chi connectivity index (χ1n) is 8.76. The zero-order chi connectivity index (χ0) is 21.1. The number of rotatable bonds is 7. The van der Waals surface area contributed by atoms with Crippen LogP contribution in [0.3, 0.4) is 0 Å². The number of nitrogens with one attached hydrogen (secondary N) is 2. The summed E-state index contributed by atoms with van der Waals surface area (Å²) in [6.07, 6.45) is -1.32. The molecule has 0 saturated carbocycles. The van der Waals surface area contributed by atoms with Crippen LogP contribution in [0.2, 0.25) is 0 Å². The molecule has 0 aromatic heterocycles. The average molecular weight is 389 g/mol. The van der Waals surface area contributed by atoms with Crippen LogP contribution in [0.5, 0.6) is 0 Å². The topological polar surface area (TPSA) is 122 Å². The van der Waals surface area contributed by atoms with Crippen molar-refractivity contribution in [2.24, 2.45) is 0 Å². The van der Waals surface area contributed by atoms with Crippen molar-refractivity contribution in [2.75, 3.05) is 11.9 Å². The van der Waals surface area contributed by atoms with Gasteiger partial charge in [0.2, 0.25) is 0 Å². The summed E-state index contributed by atoms with van der Waals surface area (Å²) < 4.78 is 5.06. The lowest BCUT2D eigenvalue weighted by Gasteiger charge is -2.17. The summed E-state index contributed by atoms with van der Waals surface area (Å²) in [5.74, 6) is -1.85. The summed E-state index contributed by atoms with van der Waals surface area (Å²) in [4.78, 5) is 60.3.